The maximum absolute atomic E-state index is 12.9. The fourth-order valence-corrected chi connectivity index (χ4v) is 3.54. The molecule has 0 aliphatic rings. The molecule has 26 heavy (non-hydrogen) atoms. The zero-order chi connectivity index (χ0) is 18.5. The lowest BCUT2D eigenvalue weighted by Gasteiger charge is -2.23. The Morgan fingerprint density at radius 1 is 0.962 bits per heavy atom. The van der Waals surface area contributed by atoms with Gasteiger partial charge in [0.25, 0.3) is 5.91 Å². The molecule has 0 radical (unpaired) electrons. The molecule has 1 amide bonds. The molecular weight excluding hydrogens is 342 g/mol. The van der Waals surface area contributed by atoms with Crippen LogP contribution >= 0.6 is 11.3 Å². The summed E-state index contributed by atoms with van der Waals surface area (Å²) in [5.41, 5.74) is 4.31. The first-order chi connectivity index (χ1) is 12.5. The van der Waals surface area contributed by atoms with Crippen LogP contribution in [0, 0.1) is 20.8 Å². The van der Waals surface area contributed by atoms with E-state index in [1.165, 1.54) is 5.56 Å². The Balaban J connectivity index is 1.76. The maximum atomic E-state index is 12.9. The highest BCUT2D eigenvalue weighted by Gasteiger charge is 2.17. The molecule has 3 nitrogen and oxygen atoms in total. The molecule has 3 aromatic rings. The lowest BCUT2D eigenvalue weighted by atomic mass is 10.1. The number of benzene rings is 2. The molecule has 2 aromatic carbocycles. The predicted molar refractivity (Wildman–Crippen MR) is 108 cm³/mol. The van der Waals surface area contributed by atoms with Crippen molar-refractivity contribution in [3.63, 3.8) is 0 Å². The highest BCUT2D eigenvalue weighted by Crippen LogP contribution is 2.22. The first-order valence-corrected chi connectivity index (χ1v) is 9.50. The van der Waals surface area contributed by atoms with Gasteiger partial charge >= 0.3 is 0 Å². The number of aryl methyl sites for hydroxylation is 3. The number of hydrogen-bond acceptors (Lipinski definition) is 3. The van der Waals surface area contributed by atoms with E-state index in [1.54, 1.807) is 16.2 Å². The summed E-state index contributed by atoms with van der Waals surface area (Å²) in [5, 5.41) is 2.03. The molecule has 0 spiro atoms. The molecule has 0 saturated heterocycles. The third-order valence-electron chi connectivity index (χ3n) is 4.10. The number of anilines is 1. The van der Waals surface area contributed by atoms with Crippen molar-refractivity contribution in [2.45, 2.75) is 27.3 Å². The first-order valence-electron chi connectivity index (χ1n) is 8.62. The molecule has 3 rings (SSSR count). The Hall–Kier alpha value is -2.59. The van der Waals surface area contributed by atoms with Crippen LogP contribution in [0.25, 0.3) is 0 Å². The minimum Gasteiger partial charge on any atom is -0.484 e. The molecule has 0 bridgehead atoms. The number of carbonyl (C=O) groups is 1. The molecular formula is C22H23NO2S. The van der Waals surface area contributed by atoms with E-state index in [1.807, 2.05) is 74.7 Å². The lowest BCUT2D eigenvalue weighted by molar-refractivity contribution is -0.120. The van der Waals surface area contributed by atoms with Crippen LogP contribution in [0.2, 0.25) is 0 Å². The number of rotatable bonds is 6. The molecule has 1 aromatic heterocycles. The fraction of sp³-hybridized carbons (Fsp3) is 0.227. The number of thiophene rings is 1. The summed E-state index contributed by atoms with van der Waals surface area (Å²) in [6, 6.07) is 18.1. The van der Waals surface area contributed by atoms with Crippen molar-refractivity contribution >= 4 is 22.9 Å². The first kappa shape index (κ1) is 18.2. The second kappa shape index (κ2) is 8.19. The topological polar surface area (TPSA) is 29.5 Å². The Labute approximate surface area is 158 Å². The molecule has 0 N–H and O–H groups in total. The predicted octanol–water partition coefficient (Wildman–Crippen LogP) is 5.29. The standard InChI is InChI=1S/C22H23NO2S/c1-16-6-8-19(9-7-16)23(14-21-5-4-10-26-21)22(24)15-25-20-12-17(2)11-18(3)13-20/h4-13H,14-15H2,1-3H3. The van der Waals surface area contributed by atoms with Crippen LogP contribution in [0.3, 0.4) is 0 Å². The maximum Gasteiger partial charge on any atom is 0.265 e. The molecule has 1 heterocycles. The van der Waals surface area contributed by atoms with Gasteiger partial charge in [-0.2, -0.15) is 0 Å². The quantitative estimate of drug-likeness (QED) is 0.594. The summed E-state index contributed by atoms with van der Waals surface area (Å²) in [4.78, 5) is 15.8. The summed E-state index contributed by atoms with van der Waals surface area (Å²) in [6.45, 7) is 6.66. The second-order valence-corrected chi connectivity index (χ2v) is 7.54. The average Bonchev–Trinajstić information content (AvgIpc) is 3.11. The third-order valence-corrected chi connectivity index (χ3v) is 4.96. The second-order valence-electron chi connectivity index (χ2n) is 6.51. The van der Waals surface area contributed by atoms with Crippen LogP contribution in [0.1, 0.15) is 21.6 Å². The fourth-order valence-electron chi connectivity index (χ4n) is 2.85. The average molecular weight is 365 g/mol. The van der Waals surface area contributed by atoms with Crippen molar-refractivity contribution in [1.29, 1.82) is 0 Å². The van der Waals surface area contributed by atoms with Crippen LogP contribution in [-0.2, 0) is 11.3 Å². The van der Waals surface area contributed by atoms with Crippen molar-refractivity contribution in [2.75, 3.05) is 11.5 Å². The number of ether oxygens (including phenoxy) is 1. The Morgan fingerprint density at radius 2 is 1.65 bits per heavy atom. The van der Waals surface area contributed by atoms with Crippen LogP contribution in [-0.4, -0.2) is 12.5 Å². The van der Waals surface area contributed by atoms with E-state index < -0.39 is 0 Å². The molecule has 0 unspecified atom stereocenters. The van der Waals surface area contributed by atoms with E-state index in [9.17, 15) is 4.79 Å². The van der Waals surface area contributed by atoms with Gasteiger partial charge in [-0.1, -0.05) is 29.8 Å². The normalized spacial score (nSPS) is 10.6. The third kappa shape index (κ3) is 4.73. The monoisotopic (exact) mass is 365 g/mol. The van der Waals surface area contributed by atoms with Gasteiger partial charge in [-0.05, 0) is 67.6 Å². The van der Waals surface area contributed by atoms with E-state index in [0.717, 1.165) is 27.4 Å². The number of amides is 1. The Morgan fingerprint density at radius 3 is 2.27 bits per heavy atom. The van der Waals surface area contributed by atoms with Gasteiger partial charge < -0.3 is 9.64 Å². The van der Waals surface area contributed by atoms with Crippen molar-refractivity contribution in [2.24, 2.45) is 0 Å². The van der Waals surface area contributed by atoms with Crippen molar-refractivity contribution in [3.8, 4) is 5.75 Å². The van der Waals surface area contributed by atoms with Gasteiger partial charge in [-0.15, -0.1) is 11.3 Å². The van der Waals surface area contributed by atoms with Gasteiger partial charge in [0, 0.05) is 10.6 Å². The molecule has 0 atom stereocenters. The van der Waals surface area contributed by atoms with E-state index in [-0.39, 0.29) is 12.5 Å². The Bertz CT molecular complexity index is 849. The van der Waals surface area contributed by atoms with E-state index in [4.69, 9.17) is 4.74 Å². The summed E-state index contributed by atoms with van der Waals surface area (Å²) < 4.78 is 5.79. The van der Waals surface area contributed by atoms with Crippen LogP contribution in [0.15, 0.2) is 60.0 Å². The summed E-state index contributed by atoms with van der Waals surface area (Å²) in [5.74, 6) is 0.678. The van der Waals surface area contributed by atoms with Gasteiger partial charge in [0.05, 0.1) is 6.54 Å². The molecule has 0 aliphatic heterocycles. The number of nitrogens with zero attached hydrogens (tertiary/aromatic N) is 1. The summed E-state index contributed by atoms with van der Waals surface area (Å²) in [7, 11) is 0. The van der Waals surface area contributed by atoms with Gasteiger partial charge in [0.15, 0.2) is 6.61 Å². The zero-order valence-corrected chi connectivity index (χ0v) is 16.2. The van der Waals surface area contributed by atoms with Crippen molar-refractivity contribution in [3.05, 3.63) is 81.5 Å². The number of carbonyl (C=O) groups excluding carboxylic acids is 1. The van der Waals surface area contributed by atoms with E-state index in [2.05, 4.69) is 6.07 Å². The number of hydrogen-bond donors (Lipinski definition) is 0. The van der Waals surface area contributed by atoms with Crippen molar-refractivity contribution in [1.82, 2.24) is 0 Å². The van der Waals surface area contributed by atoms with E-state index in [0.29, 0.717) is 6.54 Å². The molecule has 0 fully saturated rings. The molecule has 0 saturated carbocycles. The van der Waals surface area contributed by atoms with E-state index >= 15 is 0 Å². The van der Waals surface area contributed by atoms with Gasteiger partial charge in [-0.3, -0.25) is 4.79 Å². The van der Waals surface area contributed by atoms with Crippen molar-refractivity contribution < 1.29 is 9.53 Å². The van der Waals surface area contributed by atoms with Crippen LogP contribution in [0.4, 0.5) is 5.69 Å². The highest BCUT2D eigenvalue weighted by molar-refractivity contribution is 7.09. The van der Waals surface area contributed by atoms with Gasteiger partial charge in [0.1, 0.15) is 5.75 Å². The van der Waals surface area contributed by atoms with Crippen LogP contribution in [0.5, 0.6) is 5.75 Å². The highest BCUT2D eigenvalue weighted by atomic mass is 32.1. The molecule has 0 aliphatic carbocycles. The minimum atomic E-state index is -0.0542. The minimum absolute atomic E-state index is 0.0160. The zero-order valence-electron chi connectivity index (χ0n) is 15.4. The summed E-state index contributed by atoms with van der Waals surface area (Å²) >= 11 is 1.65. The molecule has 4 heteroatoms. The smallest absolute Gasteiger partial charge is 0.265 e. The summed E-state index contributed by atoms with van der Waals surface area (Å²) in [6.07, 6.45) is 0. The largest absolute Gasteiger partial charge is 0.484 e. The Kier molecular flexibility index (Phi) is 5.74. The van der Waals surface area contributed by atoms with Gasteiger partial charge in [-0.25, -0.2) is 0 Å². The lowest BCUT2D eigenvalue weighted by Crippen LogP contribution is -2.34. The van der Waals surface area contributed by atoms with Crippen LogP contribution < -0.4 is 9.64 Å². The molecule has 134 valence electrons. The van der Waals surface area contributed by atoms with Gasteiger partial charge in [0.2, 0.25) is 0 Å². The SMILES string of the molecule is Cc1ccc(N(Cc2cccs2)C(=O)COc2cc(C)cc(C)c2)cc1.